The number of alkyl halides is 2. The Hall–Kier alpha value is -8.14. The Morgan fingerprint density at radius 2 is 0.676 bits per heavy atom. The van der Waals surface area contributed by atoms with E-state index in [-0.39, 0.29) is 6.10 Å². The zero-order chi connectivity index (χ0) is 104. The van der Waals surface area contributed by atoms with Crippen molar-refractivity contribution in [2.75, 3.05) is 158 Å². The molecule has 23 atom stereocenters. The minimum atomic E-state index is -2.45. The van der Waals surface area contributed by atoms with Gasteiger partial charge in [0.2, 0.25) is 5.79 Å². The molecule has 7 saturated heterocycles. The summed E-state index contributed by atoms with van der Waals surface area (Å²) in [7, 11) is 0. The van der Waals surface area contributed by atoms with Crippen molar-refractivity contribution in [3.05, 3.63) is 112 Å². The van der Waals surface area contributed by atoms with Gasteiger partial charge in [0.1, 0.15) is 98.5 Å². The number of hydrogen-bond donors (Lipinski definition) is 16. The van der Waals surface area contributed by atoms with E-state index in [0.29, 0.717) is 133 Å². The van der Waals surface area contributed by atoms with Crippen LogP contribution in [0.2, 0.25) is 0 Å². The fraction of sp³-hybridized carbons (Fsp3) is 0.548. The van der Waals surface area contributed by atoms with Gasteiger partial charge < -0.3 is 119 Å². The molecule has 7 fully saturated rings. The molecule has 0 spiro atoms. The number of imidazole rings is 6. The number of nitrogens with two attached hydrogens (primary N) is 6. The van der Waals surface area contributed by atoms with Gasteiger partial charge in [-0.05, 0) is 206 Å². The topological polar surface area (TPSA) is 607 Å². The smallest absolute Gasteiger partial charge is 0.239 e. The lowest BCUT2D eigenvalue weighted by molar-refractivity contribution is -0.247. The molecule has 2 bridgehead atoms. The summed E-state index contributed by atoms with van der Waals surface area (Å²) in [6.45, 7) is 22.0. The number of fused-ring (bicyclic) bond motifs is 8. The Labute approximate surface area is 829 Å². The molecule has 49 heteroatoms. The molecule has 0 radical (unpaired) electrons. The van der Waals surface area contributed by atoms with Gasteiger partial charge in [0.25, 0.3) is 0 Å². The van der Waals surface area contributed by atoms with Crippen molar-refractivity contribution >= 4 is 192 Å². The first-order valence-corrected chi connectivity index (χ1v) is 65.2. The minimum absolute atomic E-state index is 0.304. The highest BCUT2D eigenvalue weighted by Gasteiger charge is 2.62. The van der Waals surface area contributed by atoms with Crippen LogP contribution in [-0.4, -0.2) is 407 Å². The molecular weight excluding hydrogens is 1970 g/mol. The first-order chi connectivity index (χ1) is 66.2. The summed E-state index contributed by atoms with van der Waals surface area (Å²) >= 11 is 6.42. The van der Waals surface area contributed by atoms with Gasteiger partial charge in [-0.1, -0.05) is 0 Å². The molecule has 0 aliphatic carbocycles. The highest BCUT2D eigenvalue weighted by Crippen LogP contribution is 2.53. The largest absolute Gasteiger partial charge is 0.397 e. The van der Waals surface area contributed by atoms with Gasteiger partial charge in [-0.25, -0.2) is 64.2 Å². The number of nitrogens with zero attached hydrogens (tertiary/aromatic N) is 18. The normalized spacial score (nSPS) is 29.8. The molecule has 6 unspecified atom stereocenters. The van der Waals surface area contributed by atoms with Crippen LogP contribution in [0, 0.1) is 0 Å². The van der Waals surface area contributed by atoms with Gasteiger partial charge in [0.15, 0.2) is 77.4 Å². The van der Waals surface area contributed by atoms with Crippen LogP contribution in [0.25, 0.3) is 67.0 Å². The fourth-order valence-corrected chi connectivity index (χ4v) is 24.2. The van der Waals surface area contributed by atoms with E-state index in [1.54, 1.807) is 113 Å². The fourth-order valence-electron chi connectivity index (χ4n) is 18.0. The summed E-state index contributed by atoms with van der Waals surface area (Å²) in [6, 6.07) is 10.0. The van der Waals surface area contributed by atoms with Gasteiger partial charge in [-0.2, -0.15) is 0 Å². The molecule has 7 aliphatic rings. The summed E-state index contributed by atoms with van der Waals surface area (Å²) in [5.74, 6) is -2.45. The minimum Gasteiger partial charge on any atom is -0.397 e. The quantitative estimate of drug-likeness (QED) is 0.0162. The van der Waals surface area contributed by atoms with Crippen molar-refractivity contribution in [1.82, 2.24) is 87.2 Å². The molecule has 0 saturated carbocycles. The van der Waals surface area contributed by atoms with Crippen molar-refractivity contribution in [1.29, 1.82) is 0 Å². The summed E-state index contributed by atoms with van der Waals surface area (Å²) < 4.78 is 66.1. The summed E-state index contributed by atoms with van der Waals surface area (Å²) in [5, 5.41) is 104. The zero-order valence-corrected chi connectivity index (χ0v) is 88.8. The van der Waals surface area contributed by atoms with E-state index in [0.717, 1.165) is 49.8 Å². The SMILES string of the molecule is C=P(C)(C)CC[C@@]1(C)OC(n2cnc3c(N)ccnc32)[C@H](O)[C@@H]1O.C=P(C)(C)CC[C@@]12CO[C@@H](C(n3cnc4c(N)ccnc43)O1)[C@@H]2O.C=P(C)(C)CC[C@H]1OC(n2cnc3c(N)ccnc32)C(O)(O)[C@@H]1O.C=P(C)(C)CC[C@H]1OC(n2cnc3c(N)ccnc32)[C@H](Cl)[C@@H]1O.C=P(C)(C)CC[C@H]1OC(n2cnc3c(N)ccnc32)[C@H](F)[C@@H]1O.C=P(C)(C)CC[C@H]1OC(n2cnc3c(N)ccnc32)[C@](C)(O)[C@@H]1O. The van der Waals surface area contributed by atoms with Crippen LogP contribution >= 0.6 is 52.9 Å². The van der Waals surface area contributed by atoms with E-state index in [2.05, 4.69) is 178 Å². The molecule has 778 valence electrons. The maximum Gasteiger partial charge on any atom is 0.239 e. The molecule has 7 aliphatic heterocycles. The maximum atomic E-state index is 14.6. The Balaban J connectivity index is 0.000000135. The van der Waals surface area contributed by atoms with Gasteiger partial charge in [0, 0.05) is 37.2 Å². The van der Waals surface area contributed by atoms with Crippen LogP contribution in [0.15, 0.2) is 112 Å². The zero-order valence-electron chi connectivity index (χ0n) is 82.7. The van der Waals surface area contributed by atoms with E-state index in [1.807, 2.05) is 11.5 Å². The van der Waals surface area contributed by atoms with Crippen LogP contribution < -0.4 is 34.4 Å². The van der Waals surface area contributed by atoms with Crippen molar-refractivity contribution in [3.63, 3.8) is 0 Å². The highest BCUT2D eigenvalue weighted by atomic mass is 35.5. The molecule has 19 rings (SSSR count). The molecule has 12 aromatic heterocycles. The summed E-state index contributed by atoms with van der Waals surface area (Å²) in [4.78, 5) is 51.1. The van der Waals surface area contributed by atoms with Gasteiger partial charge >= 0.3 is 0 Å². The van der Waals surface area contributed by atoms with E-state index in [9.17, 15) is 55.5 Å². The van der Waals surface area contributed by atoms with Crippen molar-refractivity contribution < 1.29 is 88.6 Å². The Kier molecular flexibility index (Phi) is 32.6. The second-order valence-electron chi connectivity index (χ2n) is 42.5. The number of ether oxygens (including phenoxy) is 7. The Bertz CT molecular complexity index is 6470. The predicted octanol–water partition coefficient (Wildman–Crippen LogP) is 7.12. The van der Waals surface area contributed by atoms with Crippen LogP contribution in [-0.2, 0) is 33.2 Å². The van der Waals surface area contributed by atoms with E-state index < -0.39 is 180 Å². The van der Waals surface area contributed by atoms with Crippen molar-refractivity contribution in [3.8, 4) is 0 Å². The Morgan fingerprint density at radius 1 is 0.366 bits per heavy atom. The summed E-state index contributed by atoms with van der Waals surface area (Å²) in [5.41, 5.74) is 41.9. The number of aromatic nitrogens is 18. The second kappa shape index (κ2) is 42.2. The molecule has 19 heterocycles. The average Bonchev–Trinajstić information content (AvgIpc) is 1.57. The maximum absolute atomic E-state index is 14.6. The number of nitrogen functional groups attached to an aromatic ring is 6. The van der Waals surface area contributed by atoms with Gasteiger partial charge in [-0.15, -0.1) is 90.7 Å². The van der Waals surface area contributed by atoms with E-state index in [1.165, 1.54) is 28.0 Å². The van der Waals surface area contributed by atoms with E-state index in [4.69, 9.17) is 79.2 Å². The number of aliphatic hydroxyl groups is 10. The number of hydrogen-bond acceptors (Lipinski definition) is 35. The Morgan fingerprint density at radius 3 is 1.06 bits per heavy atom. The lowest BCUT2D eigenvalue weighted by atomic mass is 9.95. The molecule has 22 N–H and O–H groups in total. The lowest BCUT2D eigenvalue weighted by Gasteiger charge is -2.32. The number of rotatable bonds is 24. The highest BCUT2D eigenvalue weighted by molar-refractivity contribution is 7.73. The van der Waals surface area contributed by atoms with Gasteiger partial charge in [-0.3, -0.25) is 27.4 Å². The second-order valence-corrected chi connectivity index (χ2v) is 68.9. The van der Waals surface area contributed by atoms with E-state index >= 15 is 0 Å². The van der Waals surface area contributed by atoms with Crippen LogP contribution in [0.3, 0.4) is 0 Å². The predicted molar refractivity (Wildman–Crippen MR) is 575 cm³/mol. The van der Waals surface area contributed by atoms with Crippen LogP contribution in [0.4, 0.5) is 38.5 Å². The number of halogens is 2. The first kappa shape index (κ1) is 110. The average molecular weight is 2110 g/mol. The van der Waals surface area contributed by atoms with Crippen LogP contribution in [0.1, 0.15) is 89.7 Å². The molecule has 142 heavy (non-hydrogen) atoms. The molecule has 0 aromatic carbocycles. The molecule has 0 amide bonds. The lowest BCUT2D eigenvalue weighted by Crippen LogP contribution is -2.46. The third kappa shape index (κ3) is 23.8. The van der Waals surface area contributed by atoms with Crippen LogP contribution in [0.5, 0.6) is 0 Å². The monoisotopic (exact) mass is 2100 g/mol. The van der Waals surface area contributed by atoms with Crippen molar-refractivity contribution in [2.24, 2.45) is 0 Å². The number of aliphatic hydroxyl groups excluding tert-OH is 7. The first-order valence-electron chi connectivity index (χ1n) is 46.5. The third-order valence-corrected chi connectivity index (χ3v) is 35.6. The van der Waals surface area contributed by atoms with Gasteiger partial charge in [0.05, 0.1) is 109 Å². The molecule has 41 nitrogen and oxygen atoms in total. The molecular formula is C93H140ClFN24O17P6. The number of pyridine rings is 6. The molecule has 12 aromatic rings. The van der Waals surface area contributed by atoms with Crippen molar-refractivity contribution in [2.45, 2.75) is 197 Å². The number of anilines is 6. The standard InChI is InChI=1S/C16H23N4O3P.2C16H25N4O3P.C15H22ClN4O2P.C15H22FN4O2P.C15H23N4O4P/c1-24(2,3)7-5-16-8-22-12(13(16)21)15(23-16)20-9-19-11-10(17)4-6-18-14(11)20;1-16(6-8-24(2,3)4)13(22)12(21)15(23-16)20-9-19-11-10(17)5-7-18-14(11)20;1-16(22)13(21)11(6-8-24(2,3)4)23-15(16)20-9-19-12-10(17)5-7-18-14(12)20;2*1-23(2,3)7-5-10-13(21)11(16)15(22-10)20-8-19-12-9(17)4-6-18-14(12)20;1-24(2,3)7-5-10-12(20)15(21,22)14(23-10)19-8-18-11-9(16)4-6-17-13(11)19/h4,6,9,12-13,15,21H,1,5,7-8H2,2-3H3,(H2,17,18);5,7,9,12-13,15,21-22H,2,6,8H2,1,3-4H3,(H2,17,18);5,7,9,11,13,15,21-22H,2,6,8H2,1,3-4H3,(H2,17,18);2*4,6,8,10-11,13,15,21H,1,5,7H2,2-3H3,(H2,17,18);4,6,8,10,12,14,20-22H,1,5,7H2,2-3H3,(H2,16,17)/t12-,13+,15?,16+;12-,13+,15?,16-;11-,13-,15?,16-;2*10-,11-,13-,15?;10-,12-,14?/m111111/s1. The summed E-state index contributed by atoms with van der Waals surface area (Å²) in [6.07, 6.45) is 37.2. The third-order valence-electron chi connectivity index (χ3n) is 26.4.